The van der Waals surface area contributed by atoms with Gasteiger partial charge in [-0.05, 0) is 31.2 Å². The zero-order valence-electron chi connectivity index (χ0n) is 11.4. The summed E-state index contributed by atoms with van der Waals surface area (Å²) in [7, 11) is 0. The molecule has 21 heavy (non-hydrogen) atoms. The topological polar surface area (TPSA) is 49.3 Å². The number of hydrogen-bond acceptors (Lipinski definition) is 4. The first-order valence-electron chi connectivity index (χ1n) is 6.36. The van der Waals surface area contributed by atoms with Crippen molar-refractivity contribution in [3.63, 3.8) is 0 Å². The van der Waals surface area contributed by atoms with Crippen LogP contribution in [-0.4, -0.2) is 17.6 Å². The molecular weight excluding hydrogens is 326 g/mol. The lowest BCUT2D eigenvalue weighted by molar-refractivity contribution is 0.0944. The molecule has 0 spiro atoms. The Hall–Kier alpha value is -1.32. The van der Waals surface area contributed by atoms with Crippen LogP contribution in [0.25, 0.3) is 0 Å². The van der Waals surface area contributed by atoms with E-state index in [-0.39, 0.29) is 18.6 Å². The van der Waals surface area contributed by atoms with E-state index in [1.54, 1.807) is 6.07 Å². The van der Waals surface area contributed by atoms with Crippen LogP contribution in [0.4, 0.5) is 0 Å². The molecule has 0 fully saturated rings. The third kappa shape index (κ3) is 4.58. The zero-order valence-corrected chi connectivity index (χ0v) is 13.7. The summed E-state index contributed by atoms with van der Waals surface area (Å²) in [5, 5.41) is 11.6. The van der Waals surface area contributed by atoms with E-state index in [0.717, 1.165) is 9.75 Å². The molecule has 0 radical (unpaired) electrons. The summed E-state index contributed by atoms with van der Waals surface area (Å²) in [5.74, 6) is 5.64. The molecule has 0 aliphatic carbocycles. The SMILES string of the molecule is CC(NC(=O)c1ccc(C#CCCO)s1)c1ccc(Cl)s1. The van der Waals surface area contributed by atoms with Gasteiger partial charge in [-0.15, -0.1) is 22.7 Å². The number of carbonyl (C=O) groups is 1. The summed E-state index contributed by atoms with van der Waals surface area (Å²) >= 11 is 8.70. The molecule has 110 valence electrons. The smallest absolute Gasteiger partial charge is 0.261 e. The fraction of sp³-hybridized carbons (Fsp3) is 0.267. The minimum Gasteiger partial charge on any atom is -0.395 e. The van der Waals surface area contributed by atoms with Crippen LogP contribution in [0.2, 0.25) is 4.34 Å². The molecule has 0 aromatic carbocycles. The number of rotatable bonds is 4. The molecule has 2 heterocycles. The van der Waals surface area contributed by atoms with Crippen LogP contribution < -0.4 is 5.32 Å². The third-order valence-electron chi connectivity index (χ3n) is 2.65. The summed E-state index contributed by atoms with van der Waals surface area (Å²) in [6.07, 6.45) is 0.440. The lowest BCUT2D eigenvalue weighted by atomic mass is 10.2. The predicted molar refractivity (Wildman–Crippen MR) is 88.1 cm³/mol. The van der Waals surface area contributed by atoms with E-state index >= 15 is 0 Å². The number of thiophene rings is 2. The monoisotopic (exact) mass is 339 g/mol. The van der Waals surface area contributed by atoms with Gasteiger partial charge in [0.15, 0.2) is 0 Å². The number of halogens is 1. The fourth-order valence-corrected chi connectivity index (χ4v) is 3.48. The molecule has 0 saturated carbocycles. The lowest BCUT2D eigenvalue weighted by Crippen LogP contribution is -2.25. The van der Waals surface area contributed by atoms with Gasteiger partial charge >= 0.3 is 0 Å². The molecule has 0 aliphatic rings. The quantitative estimate of drug-likeness (QED) is 0.835. The Balaban J connectivity index is 1.99. The molecule has 1 amide bonds. The number of nitrogens with one attached hydrogen (secondary N) is 1. The first kappa shape index (κ1) is 16.1. The van der Waals surface area contributed by atoms with Gasteiger partial charge in [-0.2, -0.15) is 0 Å². The van der Waals surface area contributed by atoms with E-state index in [0.29, 0.717) is 15.6 Å². The Kier molecular flexibility index (Phi) is 5.83. The van der Waals surface area contributed by atoms with Crippen LogP contribution in [0, 0.1) is 11.8 Å². The highest BCUT2D eigenvalue weighted by molar-refractivity contribution is 7.16. The van der Waals surface area contributed by atoms with E-state index in [1.165, 1.54) is 22.7 Å². The van der Waals surface area contributed by atoms with Crippen molar-refractivity contribution >= 4 is 40.2 Å². The van der Waals surface area contributed by atoms with Crippen LogP contribution >= 0.6 is 34.3 Å². The minimum absolute atomic E-state index is 0.0482. The average molecular weight is 340 g/mol. The Morgan fingerprint density at radius 1 is 1.38 bits per heavy atom. The van der Waals surface area contributed by atoms with Crippen molar-refractivity contribution in [3.8, 4) is 11.8 Å². The van der Waals surface area contributed by atoms with Gasteiger partial charge in [0, 0.05) is 11.3 Å². The third-order valence-corrected chi connectivity index (χ3v) is 5.06. The highest BCUT2D eigenvalue weighted by Crippen LogP contribution is 2.27. The standard InChI is InChI=1S/C15H14ClNO2S2/c1-10(12-7-8-14(16)21-12)17-15(19)13-6-5-11(20-13)4-2-3-9-18/h5-8,10,18H,3,9H2,1H3,(H,17,19). The van der Waals surface area contributed by atoms with Crippen molar-refractivity contribution in [2.45, 2.75) is 19.4 Å². The molecule has 0 saturated heterocycles. The molecule has 3 nitrogen and oxygen atoms in total. The summed E-state index contributed by atoms with van der Waals surface area (Å²) in [6.45, 7) is 1.97. The van der Waals surface area contributed by atoms with Crippen molar-refractivity contribution in [1.29, 1.82) is 0 Å². The number of aliphatic hydroxyl groups is 1. The summed E-state index contributed by atoms with van der Waals surface area (Å²) < 4.78 is 0.712. The van der Waals surface area contributed by atoms with Gasteiger partial charge in [-0.25, -0.2) is 0 Å². The molecule has 6 heteroatoms. The van der Waals surface area contributed by atoms with Gasteiger partial charge in [0.25, 0.3) is 5.91 Å². The molecule has 2 aromatic rings. The van der Waals surface area contributed by atoms with Crippen molar-refractivity contribution in [3.05, 3.63) is 43.2 Å². The highest BCUT2D eigenvalue weighted by Gasteiger charge is 2.14. The van der Waals surface area contributed by atoms with Gasteiger partial charge in [0.1, 0.15) is 0 Å². The van der Waals surface area contributed by atoms with Gasteiger partial charge < -0.3 is 10.4 Å². The largest absolute Gasteiger partial charge is 0.395 e. The minimum atomic E-state index is -0.118. The second kappa shape index (κ2) is 7.62. The van der Waals surface area contributed by atoms with E-state index in [9.17, 15) is 4.79 Å². The van der Waals surface area contributed by atoms with E-state index in [1.807, 2.05) is 25.1 Å². The lowest BCUT2D eigenvalue weighted by Gasteiger charge is -2.10. The van der Waals surface area contributed by atoms with Gasteiger partial charge in [-0.1, -0.05) is 23.4 Å². The normalized spacial score (nSPS) is 11.6. The summed E-state index contributed by atoms with van der Waals surface area (Å²) in [4.78, 5) is 14.6. The maximum Gasteiger partial charge on any atom is 0.261 e. The van der Waals surface area contributed by atoms with Crippen LogP contribution in [-0.2, 0) is 0 Å². The van der Waals surface area contributed by atoms with Gasteiger partial charge in [0.2, 0.25) is 0 Å². The molecule has 2 aromatic heterocycles. The first-order chi connectivity index (χ1) is 10.1. The zero-order chi connectivity index (χ0) is 15.2. The maximum atomic E-state index is 12.2. The van der Waals surface area contributed by atoms with Crippen LogP contribution in [0.5, 0.6) is 0 Å². The highest BCUT2D eigenvalue weighted by atomic mass is 35.5. The molecular formula is C15H14ClNO2S2. The average Bonchev–Trinajstić information content (AvgIpc) is 3.08. The van der Waals surface area contributed by atoms with E-state index < -0.39 is 0 Å². The van der Waals surface area contributed by atoms with Crippen molar-refractivity contribution in [2.24, 2.45) is 0 Å². The second-order valence-electron chi connectivity index (χ2n) is 4.28. The molecule has 2 N–H and O–H groups in total. The number of hydrogen-bond donors (Lipinski definition) is 2. The van der Waals surface area contributed by atoms with Crippen molar-refractivity contribution in [1.82, 2.24) is 5.32 Å². The Morgan fingerprint density at radius 3 is 2.86 bits per heavy atom. The first-order valence-corrected chi connectivity index (χ1v) is 8.37. The van der Waals surface area contributed by atoms with Crippen molar-refractivity contribution in [2.75, 3.05) is 6.61 Å². The molecule has 1 unspecified atom stereocenters. The number of amides is 1. The number of carbonyl (C=O) groups excluding carboxylic acids is 1. The van der Waals surface area contributed by atoms with E-state index in [4.69, 9.17) is 16.7 Å². The molecule has 0 bridgehead atoms. The van der Waals surface area contributed by atoms with Crippen molar-refractivity contribution < 1.29 is 9.90 Å². The fourth-order valence-electron chi connectivity index (χ4n) is 1.63. The maximum absolute atomic E-state index is 12.2. The van der Waals surface area contributed by atoms with Gasteiger partial charge in [-0.3, -0.25) is 4.79 Å². The Labute approximate surface area is 136 Å². The molecule has 2 rings (SSSR count). The van der Waals surface area contributed by atoms with Crippen LogP contribution in [0.1, 0.15) is 38.8 Å². The summed E-state index contributed by atoms with van der Waals surface area (Å²) in [6, 6.07) is 7.23. The second-order valence-corrected chi connectivity index (χ2v) is 7.11. The Bertz CT molecular complexity index is 681. The molecule has 1 atom stereocenters. The van der Waals surface area contributed by atoms with E-state index in [2.05, 4.69) is 17.2 Å². The van der Waals surface area contributed by atoms with Crippen LogP contribution in [0.15, 0.2) is 24.3 Å². The summed E-state index contributed by atoms with van der Waals surface area (Å²) in [5.41, 5.74) is 0. The van der Waals surface area contributed by atoms with Gasteiger partial charge in [0.05, 0.1) is 26.7 Å². The predicted octanol–water partition coefficient (Wildman–Crippen LogP) is 3.69. The molecule has 0 aliphatic heterocycles. The Morgan fingerprint density at radius 2 is 2.19 bits per heavy atom. The number of aliphatic hydroxyl groups excluding tert-OH is 1. The van der Waals surface area contributed by atoms with Crippen LogP contribution in [0.3, 0.4) is 0 Å².